The van der Waals surface area contributed by atoms with Crippen LogP contribution in [0.25, 0.3) is 5.57 Å². The summed E-state index contributed by atoms with van der Waals surface area (Å²) < 4.78 is 13.6. The molecule has 33 heavy (non-hydrogen) atoms. The molecule has 0 saturated heterocycles. The van der Waals surface area contributed by atoms with E-state index in [4.69, 9.17) is 0 Å². The third kappa shape index (κ3) is 5.00. The Morgan fingerprint density at radius 2 is 1.52 bits per heavy atom. The summed E-state index contributed by atoms with van der Waals surface area (Å²) in [5.41, 5.74) is 3.43. The first-order chi connectivity index (χ1) is 16.1. The van der Waals surface area contributed by atoms with Crippen LogP contribution in [0.1, 0.15) is 23.6 Å². The molecule has 0 saturated carbocycles. The molecule has 0 spiro atoms. The second-order valence-electron chi connectivity index (χ2n) is 7.91. The molecular weight excluding hydrogens is 417 g/mol. The molecule has 2 aromatic carbocycles. The first-order valence-electron chi connectivity index (χ1n) is 11.1. The van der Waals surface area contributed by atoms with E-state index in [9.17, 15) is 14.0 Å². The van der Waals surface area contributed by atoms with E-state index in [0.717, 1.165) is 11.1 Å². The number of benzene rings is 2. The predicted molar refractivity (Wildman–Crippen MR) is 125 cm³/mol. The summed E-state index contributed by atoms with van der Waals surface area (Å²) in [5.74, 6) is -1.02. The van der Waals surface area contributed by atoms with Gasteiger partial charge in [-0.15, -0.1) is 0 Å². The summed E-state index contributed by atoms with van der Waals surface area (Å²) in [6, 6.07) is 19.4. The lowest BCUT2D eigenvalue weighted by Gasteiger charge is -2.25. The molecule has 0 fully saturated rings. The van der Waals surface area contributed by atoms with Gasteiger partial charge in [-0.2, -0.15) is 0 Å². The van der Waals surface area contributed by atoms with Gasteiger partial charge in [0.1, 0.15) is 11.5 Å². The topological polar surface area (TPSA) is 53.5 Å². The molecule has 0 aliphatic carbocycles. The van der Waals surface area contributed by atoms with Crippen LogP contribution in [0, 0.1) is 5.82 Å². The highest BCUT2D eigenvalue weighted by molar-refractivity contribution is 6.35. The summed E-state index contributed by atoms with van der Waals surface area (Å²) in [6.45, 7) is 3.40. The Bertz CT molecular complexity index is 1150. The zero-order valence-electron chi connectivity index (χ0n) is 18.6. The van der Waals surface area contributed by atoms with Crippen molar-refractivity contribution < 1.29 is 14.0 Å². The smallest absolute Gasteiger partial charge is 0.277 e. The maximum atomic E-state index is 13.6. The van der Waals surface area contributed by atoms with E-state index in [2.05, 4.69) is 4.98 Å². The molecule has 1 aliphatic heterocycles. The monoisotopic (exact) mass is 443 g/mol. The minimum absolute atomic E-state index is 0.289. The Morgan fingerprint density at radius 1 is 0.848 bits per heavy atom. The van der Waals surface area contributed by atoms with Gasteiger partial charge < -0.3 is 4.90 Å². The fraction of sp³-hybridized carbons (Fsp3) is 0.222. The summed E-state index contributed by atoms with van der Waals surface area (Å²) in [6.07, 6.45) is 4.77. The fourth-order valence-electron chi connectivity index (χ4n) is 4.06. The van der Waals surface area contributed by atoms with Gasteiger partial charge in [-0.25, -0.2) is 4.39 Å². The Labute approximate surface area is 193 Å². The van der Waals surface area contributed by atoms with Crippen LogP contribution < -0.4 is 0 Å². The standard InChI is InChI=1S/C27H26FN3O2/c1-2-30(18-14-21-12-16-29-17-13-21)25-24(22-8-10-23(28)11-9-22)26(32)31(27(25)33)19-15-20-6-4-3-5-7-20/h3-13,16-17H,2,14-15,18-19H2,1H3. The van der Waals surface area contributed by atoms with Gasteiger partial charge >= 0.3 is 0 Å². The zero-order valence-corrected chi connectivity index (χ0v) is 18.6. The van der Waals surface area contributed by atoms with Crippen LogP contribution in [-0.4, -0.2) is 46.2 Å². The number of amides is 2. The normalized spacial score (nSPS) is 13.7. The number of rotatable bonds is 9. The maximum absolute atomic E-state index is 13.6. The first-order valence-corrected chi connectivity index (χ1v) is 11.1. The minimum Gasteiger partial charge on any atom is -0.366 e. The van der Waals surface area contributed by atoms with Gasteiger partial charge in [0.15, 0.2) is 0 Å². The third-order valence-electron chi connectivity index (χ3n) is 5.86. The van der Waals surface area contributed by atoms with Crippen molar-refractivity contribution in [3.63, 3.8) is 0 Å². The second kappa shape index (κ2) is 10.2. The lowest BCUT2D eigenvalue weighted by Crippen LogP contribution is -2.37. The molecule has 4 rings (SSSR count). The molecule has 0 atom stereocenters. The van der Waals surface area contributed by atoms with Crippen molar-refractivity contribution in [1.29, 1.82) is 0 Å². The Morgan fingerprint density at radius 3 is 2.18 bits per heavy atom. The largest absolute Gasteiger partial charge is 0.366 e. The van der Waals surface area contributed by atoms with Crippen molar-refractivity contribution >= 4 is 17.4 Å². The average molecular weight is 444 g/mol. The lowest BCUT2D eigenvalue weighted by atomic mass is 10.0. The SMILES string of the molecule is CCN(CCc1ccncc1)C1=C(c2ccc(F)cc2)C(=O)N(CCc2ccccc2)C1=O. The summed E-state index contributed by atoms with van der Waals surface area (Å²) >= 11 is 0. The first kappa shape index (κ1) is 22.4. The van der Waals surface area contributed by atoms with Crippen molar-refractivity contribution in [2.24, 2.45) is 0 Å². The van der Waals surface area contributed by atoms with Crippen LogP contribution in [0.2, 0.25) is 0 Å². The number of imide groups is 1. The highest BCUT2D eigenvalue weighted by Crippen LogP contribution is 2.32. The van der Waals surface area contributed by atoms with E-state index in [0.29, 0.717) is 42.8 Å². The van der Waals surface area contributed by atoms with Crippen LogP contribution in [0.3, 0.4) is 0 Å². The Balaban J connectivity index is 1.64. The van der Waals surface area contributed by atoms with E-state index in [1.165, 1.54) is 17.0 Å². The molecule has 0 unspecified atom stereocenters. The Kier molecular flexibility index (Phi) is 6.93. The highest BCUT2D eigenvalue weighted by atomic mass is 19.1. The fourth-order valence-corrected chi connectivity index (χ4v) is 4.06. The molecule has 2 heterocycles. The van der Waals surface area contributed by atoms with Gasteiger partial charge in [0, 0.05) is 32.0 Å². The van der Waals surface area contributed by atoms with E-state index in [1.807, 2.05) is 54.3 Å². The van der Waals surface area contributed by atoms with Crippen LogP contribution in [0.4, 0.5) is 4.39 Å². The van der Waals surface area contributed by atoms with E-state index in [-0.39, 0.29) is 24.2 Å². The van der Waals surface area contributed by atoms with E-state index in [1.54, 1.807) is 24.5 Å². The van der Waals surface area contributed by atoms with Gasteiger partial charge in [-0.1, -0.05) is 42.5 Å². The number of pyridine rings is 1. The van der Waals surface area contributed by atoms with Crippen LogP contribution in [0.15, 0.2) is 84.8 Å². The molecule has 0 N–H and O–H groups in total. The number of nitrogens with zero attached hydrogens (tertiary/aromatic N) is 3. The van der Waals surface area contributed by atoms with Crippen molar-refractivity contribution in [3.05, 3.63) is 107 Å². The molecule has 6 heteroatoms. The van der Waals surface area contributed by atoms with Crippen molar-refractivity contribution in [2.75, 3.05) is 19.6 Å². The number of halogens is 1. The molecule has 1 aromatic heterocycles. The summed E-state index contributed by atoms with van der Waals surface area (Å²) in [4.78, 5) is 34.3. The van der Waals surface area contributed by atoms with Crippen molar-refractivity contribution in [3.8, 4) is 0 Å². The molecule has 0 bridgehead atoms. The quantitative estimate of drug-likeness (QED) is 0.467. The zero-order chi connectivity index (χ0) is 23.2. The summed E-state index contributed by atoms with van der Waals surface area (Å²) in [7, 11) is 0. The second-order valence-corrected chi connectivity index (χ2v) is 7.91. The van der Waals surface area contributed by atoms with Gasteiger partial charge in [0.25, 0.3) is 11.8 Å². The molecule has 2 amide bonds. The van der Waals surface area contributed by atoms with Gasteiger partial charge in [0.2, 0.25) is 0 Å². The number of carbonyl (C=O) groups excluding carboxylic acids is 2. The molecular formula is C27H26FN3O2. The van der Waals surface area contributed by atoms with Gasteiger partial charge in [0.05, 0.1) is 5.57 Å². The predicted octanol–water partition coefficient (Wildman–Crippen LogP) is 4.11. The number of carbonyl (C=O) groups is 2. The average Bonchev–Trinajstić information content (AvgIpc) is 3.09. The maximum Gasteiger partial charge on any atom is 0.277 e. The summed E-state index contributed by atoms with van der Waals surface area (Å²) in [5, 5.41) is 0. The molecule has 3 aromatic rings. The number of hydrogen-bond donors (Lipinski definition) is 0. The molecule has 5 nitrogen and oxygen atoms in total. The van der Waals surface area contributed by atoms with E-state index >= 15 is 0 Å². The van der Waals surface area contributed by atoms with Gasteiger partial charge in [-0.05, 0) is 60.7 Å². The van der Waals surface area contributed by atoms with Crippen LogP contribution in [0.5, 0.6) is 0 Å². The highest BCUT2D eigenvalue weighted by Gasteiger charge is 2.40. The third-order valence-corrected chi connectivity index (χ3v) is 5.86. The number of aromatic nitrogens is 1. The van der Waals surface area contributed by atoms with Crippen LogP contribution in [-0.2, 0) is 22.4 Å². The molecule has 1 aliphatic rings. The molecule has 168 valence electrons. The van der Waals surface area contributed by atoms with Crippen molar-refractivity contribution in [1.82, 2.24) is 14.8 Å². The van der Waals surface area contributed by atoms with Crippen LogP contribution >= 0.6 is 0 Å². The lowest BCUT2D eigenvalue weighted by molar-refractivity contribution is -0.137. The van der Waals surface area contributed by atoms with E-state index < -0.39 is 0 Å². The number of hydrogen-bond acceptors (Lipinski definition) is 4. The molecule has 0 radical (unpaired) electrons. The number of likely N-dealkylation sites (N-methyl/N-ethyl adjacent to an activating group) is 1. The van der Waals surface area contributed by atoms with Gasteiger partial charge in [-0.3, -0.25) is 19.5 Å². The Hall–Kier alpha value is -3.80. The minimum atomic E-state index is -0.386. The van der Waals surface area contributed by atoms with Crippen molar-refractivity contribution in [2.45, 2.75) is 19.8 Å².